The van der Waals surface area contributed by atoms with Gasteiger partial charge in [0.25, 0.3) is 0 Å². The molecular weight excluding hydrogens is 520 g/mol. The van der Waals surface area contributed by atoms with Gasteiger partial charge in [-0.05, 0) is 75.8 Å². The van der Waals surface area contributed by atoms with E-state index in [1.807, 2.05) is 55.5 Å². The van der Waals surface area contributed by atoms with E-state index < -0.39 is 35.7 Å². The van der Waals surface area contributed by atoms with Gasteiger partial charge in [0.15, 0.2) is 0 Å². The van der Waals surface area contributed by atoms with E-state index >= 15 is 0 Å². The minimum absolute atomic E-state index is 0.0959. The van der Waals surface area contributed by atoms with Crippen LogP contribution in [0.5, 0.6) is 5.75 Å². The Bertz CT molecular complexity index is 1220. The second kappa shape index (κ2) is 15.6. The topological polar surface area (TPSA) is 94.2 Å². The number of nitrogens with one attached hydrogen (secondary N) is 1. The smallest absolute Gasteiger partial charge is 0.410 e. The molecule has 0 fully saturated rings. The maximum Gasteiger partial charge on any atom is 0.410 e. The highest BCUT2D eigenvalue weighted by Gasteiger charge is 2.31. The maximum absolute atomic E-state index is 13.5. The third-order valence-electron chi connectivity index (χ3n) is 6.38. The second-order valence-corrected chi connectivity index (χ2v) is 10.8. The lowest BCUT2D eigenvalue weighted by Gasteiger charge is -2.31. The summed E-state index contributed by atoms with van der Waals surface area (Å²) in [4.78, 5) is 39.9. The summed E-state index contributed by atoms with van der Waals surface area (Å²) in [6.07, 6.45) is 4.62. The molecule has 0 aliphatic rings. The van der Waals surface area contributed by atoms with Gasteiger partial charge in [0.1, 0.15) is 17.4 Å². The second-order valence-electron chi connectivity index (χ2n) is 10.8. The van der Waals surface area contributed by atoms with Crippen LogP contribution >= 0.6 is 0 Å². The van der Waals surface area contributed by atoms with Crippen molar-refractivity contribution in [3.8, 4) is 16.9 Å². The molecule has 0 heterocycles. The fourth-order valence-electron chi connectivity index (χ4n) is 4.28. The summed E-state index contributed by atoms with van der Waals surface area (Å²) in [6.45, 7) is 15.3. The number of esters is 1. The highest BCUT2D eigenvalue weighted by Crippen LogP contribution is 2.35. The number of hydrogen-bond acceptors (Lipinski definition) is 6. The molecule has 0 saturated heterocycles. The first kappa shape index (κ1) is 33.1. The standard InChI is InChI=1S/C33H44N2O6/c1-9-11-12-20-40-28-19-13-16-23(3)30(28)25-18-14-17-24(21-25)26(22-29(36)39-8)34-31(37)27(15-10-2)35(7)32(38)41-33(4,5)6/h9-10,13-14,16-19,21,26-27H,1-2,11-12,15,20,22H2,3-8H3,(H,34,37)/t26-,27-/m0/s1. The van der Waals surface area contributed by atoms with Gasteiger partial charge in [0, 0.05) is 12.6 Å². The summed E-state index contributed by atoms with van der Waals surface area (Å²) >= 11 is 0. The highest BCUT2D eigenvalue weighted by molar-refractivity contribution is 5.87. The van der Waals surface area contributed by atoms with Crippen molar-refractivity contribution in [2.45, 2.75) is 71.1 Å². The Morgan fingerprint density at radius 3 is 2.41 bits per heavy atom. The van der Waals surface area contributed by atoms with Crippen molar-refractivity contribution < 1.29 is 28.6 Å². The quantitative estimate of drug-likeness (QED) is 0.159. The minimum atomic E-state index is -0.891. The third kappa shape index (κ3) is 10.1. The molecular formula is C33H44N2O6. The van der Waals surface area contributed by atoms with Gasteiger partial charge >= 0.3 is 12.1 Å². The number of carbonyl (C=O) groups excluding carboxylic acids is 3. The van der Waals surface area contributed by atoms with Gasteiger partial charge in [0.05, 0.1) is 26.2 Å². The monoisotopic (exact) mass is 564 g/mol. The van der Waals surface area contributed by atoms with E-state index in [1.54, 1.807) is 26.8 Å². The van der Waals surface area contributed by atoms with Crippen molar-refractivity contribution in [3.05, 3.63) is 78.9 Å². The minimum Gasteiger partial charge on any atom is -0.493 e. The Labute approximate surface area is 244 Å². The Morgan fingerprint density at radius 2 is 1.78 bits per heavy atom. The predicted molar refractivity (Wildman–Crippen MR) is 162 cm³/mol. The number of carbonyl (C=O) groups is 3. The molecule has 2 aromatic rings. The summed E-state index contributed by atoms with van der Waals surface area (Å²) in [6, 6.07) is 11.9. The first-order valence-corrected chi connectivity index (χ1v) is 13.8. The third-order valence-corrected chi connectivity index (χ3v) is 6.38. The molecule has 0 aromatic heterocycles. The van der Waals surface area contributed by atoms with Crippen molar-refractivity contribution >= 4 is 18.0 Å². The van der Waals surface area contributed by atoms with Crippen molar-refractivity contribution in [3.63, 3.8) is 0 Å². The lowest BCUT2D eigenvalue weighted by atomic mass is 9.94. The predicted octanol–water partition coefficient (Wildman–Crippen LogP) is 6.54. The van der Waals surface area contributed by atoms with E-state index in [0.29, 0.717) is 12.2 Å². The molecule has 41 heavy (non-hydrogen) atoms. The van der Waals surface area contributed by atoms with Crippen LogP contribution in [0.4, 0.5) is 4.79 Å². The Balaban J connectivity index is 2.42. The molecule has 0 unspecified atom stereocenters. The Morgan fingerprint density at radius 1 is 1.07 bits per heavy atom. The maximum atomic E-state index is 13.5. The number of nitrogens with zero attached hydrogens (tertiary/aromatic N) is 1. The number of hydrogen-bond donors (Lipinski definition) is 1. The van der Waals surface area contributed by atoms with Crippen LogP contribution in [0, 0.1) is 6.92 Å². The number of methoxy groups -OCH3 is 1. The highest BCUT2D eigenvalue weighted by atomic mass is 16.6. The van der Waals surface area contributed by atoms with Gasteiger partial charge in [-0.3, -0.25) is 14.5 Å². The number of benzene rings is 2. The van der Waals surface area contributed by atoms with Crippen LogP contribution in [-0.2, 0) is 19.1 Å². The first-order chi connectivity index (χ1) is 19.4. The average molecular weight is 565 g/mol. The van der Waals surface area contributed by atoms with Gasteiger partial charge < -0.3 is 19.5 Å². The van der Waals surface area contributed by atoms with Crippen LogP contribution in [0.2, 0.25) is 0 Å². The van der Waals surface area contributed by atoms with Crippen molar-refractivity contribution in [2.75, 3.05) is 20.8 Å². The number of rotatable bonds is 14. The average Bonchev–Trinajstić information content (AvgIpc) is 2.92. The molecule has 1 N–H and O–H groups in total. The van der Waals surface area contributed by atoms with E-state index in [-0.39, 0.29) is 12.8 Å². The fraction of sp³-hybridized carbons (Fsp3) is 0.424. The first-order valence-electron chi connectivity index (χ1n) is 13.8. The molecule has 8 heteroatoms. The molecule has 0 bridgehead atoms. The summed E-state index contributed by atoms with van der Waals surface area (Å²) in [7, 11) is 2.81. The molecule has 0 radical (unpaired) electrons. The number of ether oxygens (including phenoxy) is 3. The van der Waals surface area contributed by atoms with E-state index in [2.05, 4.69) is 18.5 Å². The van der Waals surface area contributed by atoms with Gasteiger partial charge in [0.2, 0.25) is 5.91 Å². The number of aryl methyl sites for hydroxylation is 1. The molecule has 2 atom stereocenters. The van der Waals surface area contributed by atoms with Crippen LogP contribution in [0.15, 0.2) is 67.8 Å². The summed E-state index contributed by atoms with van der Waals surface area (Å²) < 4.78 is 16.5. The largest absolute Gasteiger partial charge is 0.493 e. The SMILES string of the molecule is C=CCCCOc1cccc(C)c1-c1cccc([C@H](CC(=O)OC)NC(=O)[C@H](CC=C)N(C)C(=O)OC(C)(C)C)c1. The van der Waals surface area contributed by atoms with E-state index in [1.165, 1.54) is 19.1 Å². The number of amides is 2. The van der Waals surface area contributed by atoms with E-state index in [9.17, 15) is 14.4 Å². The lowest BCUT2D eigenvalue weighted by Crippen LogP contribution is -2.49. The van der Waals surface area contributed by atoms with E-state index in [0.717, 1.165) is 35.3 Å². The van der Waals surface area contributed by atoms with Crippen molar-refractivity contribution in [2.24, 2.45) is 0 Å². The van der Waals surface area contributed by atoms with Crippen LogP contribution in [0.25, 0.3) is 11.1 Å². The zero-order chi connectivity index (χ0) is 30.6. The normalized spacial score (nSPS) is 12.4. The van der Waals surface area contributed by atoms with E-state index in [4.69, 9.17) is 14.2 Å². The molecule has 0 aliphatic carbocycles. The lowest BCUT2D eigenvalue weighted by molar-refractivity contribution is -0.141. The number of unbranched alkanes of at least 4 members (excludes halogenated alkanes) is 1. The van der Waals surface area contributed by atoms with Crippen LogP contribution in [0.1, 0.15) is 63.6 Å². The van der Waals surface area contributed by atoms with Crippen LogP contribution in [0.3, 0.4) is 0 Å². The number of allylic oxidation sites excluding steroid dienone is 1. The fourth-order valence-corrected chi connectivity index (χ4v) is 4.28. The Hall–Kier alpha value is -4.07. The zero-order valence-corrected chi connectivity index (χ0v) is 25.2. The van der Waals surface area contributed by atoms with Gasteiger partial charge in [-0.1, -0.05) is 42.5 Å². The van der Waals surface area contributed by atoms with Crippen LogP contribution in [-0.4, -0.2) is 55.3 Å². The van der Waals surface area contributed by atoms with Gasteiger partial charge in [-0.25, -0.2) is 4.79 Å². The van der Waals surface area contributed by atoms with Crippen molar-refractivity contribution in [1.82, 2.24) is 10.2 Å². The summed E-state index contributed by atoms with van der Waals surface area (Å²) in [5.41, 5.74) is 2.83. The number of likely N-dealkylation sites (N-methyl/N-ethyl adjacent to an activating group) is 1. The molecule has 0 spiro atoms. The molecule has 2 aromatic carbocycles. The molecule has 2 amide bonds. The summed E-state index contributed by atoms with van der Waals surface area (Å²) in [5, 5.41) is 2.96. The Kier molecular flexibility index (Phi) is 12.6. The van der Waals surface area contributed by atoms with Crippen LogP contribution < -0.4 is 10.1 Å². The summed E-state index contributed by atoms with van der Waals surface area (Å²) in [5.74, 6) is -0.173. The molecule has 0 saturated carbocycles. The van der Waals surface area contributed by atoms with Gasteiger partial charge in [-0.15, -0.1) is 13.2 Å². The zero-order valence-electron chi connectivity index (χ0n) is 25.2. The molecule has 222 valence electrons. The molecule has 8 nitrogen and oxygen atoms in total. The van der Waals surface area contributed by atoms with Gasteiger partial charge in [-0.2, -0.15) is 0 Å². The van der Waals surface area contributed by atoms with Crippen molar-refractivity contribution in [1.29, 1.82) is 0 Å². The molecule has 0 aliphatic heterocycles. The molecule has 2 rings (SSSR count).